The Morgan fingerprint density at radius 3 is 2.68 bits per heavy atom. The van der Waals surface area contributed by atoms with Gasteiger partial charge in [0.2, 0.25) is 5.91 Å². The summed E-state index contributed by atoms with van der Waals surface area (Å²) in [7, 11) is 1.71. The monoisotopic (exact) mass is 256 g/mol. The molecule has 1 aromatic carbocycles. The van der Waals surface area contributed by atoms with Gasteiger partial charge in [0.15, 0.2) is 0 Å². The van der Waals surface area contributed by atoms with Gasteiger partial charge in [0, 0.05) is 37.6 Å². The van der Waals surface area contributed by atoms with Crippen LogP contribution in [-0.4, -0.2) is 23.0 Å². The molecule has 0 aliphatic heterocycles. The first-order valence-corrected chi connectivity index (χ1v) is 6.11. The van der Waals surface area contributed by atoms with E-state index in [1.54, 1.807) is 48.6 Å². The van der Waals surface area contributed by atoms with E-state index in [-0.39, 0.29) is 11.7 Å². The lowest BCUT2D eigenvalue weighted by Crippen LogP contribution is -2.26. The molecule has 0 spiro atoms. The van der Waals surface area contributed by atoms with Crippen molar-refractivity contribution in [2.45, 2.75) is 12.8 Å². The molecule has 0 saturated carbocycles. The fraction of sp³-hybridized carbons (Fsp3) is 0.200. The van der Waals surface area contributed by atoms with Crippen molar-refractivity contribution in [1.82, 2.24) is 4.98 Å². The minimum Gasteiger partial charge on any atom is -0.508 e. The summed E-state index contributed by atoms with van der Waals surface area (Å²) in [4.78, 5) is 17.6. The number of carbonyl (C=O) groups excluding carboxylic acids is 1. The molecule has 0 aliphatic rings. The van der Waals surface area contributed by atoms with Crippen LogP contribution in [-0.2, 0) is 11.2 Å². The Labute approximate surface area is 112 Å². The first-order chi connectivity index (χ1) is 9.16. The van der Waals surface area contributed by atoms with Crippen molar-refractivity contribution < 1.29 is 9.90 Å². The topological polar surface area (TPSA) is 53.4 Å². The summed E-state index contributed by atoms with van der Waals surface area (Å²) < 4.78 is 0. The number of hydrogen-bond acceptors (Lipinski definition) is 3. The first-order valence-electron chi connectivity index (χ1n) is 6.11. The third-order valence-electron chi connectivity index (χ3n) is 2.97. The summed E-state index contributed by atoms with van der Waals surface area (Å²) in [5, 5.41) is 9.41. The van der Waals surface area contributed by atoms with Gasteiger partial charge in [-0.05, 0) is 36.2 Å². The fourth-order valence-electron chi connectivity index (χ4n) is 1.81. The molecule has 0 unspecified atom stereocenters. The average Bonchev–Trinajstić information content (AvgIpc) is 2.45. The number of phenols is 1. The van der Waals surface area contributed by atoms with E-state index < -0.39 is 0 Å². The van der Waals surface area contributed by atoms with Crippen LogP contribution >= 0.6 is 0 Å². The fourth-order valence-corrected chi connectivity index (χ4v) is 1.81. The third-order valence-corrected chi connectivity index (χ3v) is 2.97. The molecule has 1 N–H and O–H groups in total. The van der Waals surface area contributed by atoms with Crippen LogP contribution in [0, 0.1) is 0 Å². The number of nitrogens with zero attached hydrogens (tertiary/aromatic N) is 2. The highest BCUT2D eigenvalue weighted by Crippen LogP contribution is 2.19. The molecule has 2 rings (SSSR count). The maximum Gasteiger partial charge on any atom is 0.227 e. The number of aryl methyl sites for hydroxylation is 1. The number of benzene rings is 1. The number of aromatic hydroxyl groups is 1. The second kappa shape index (κ2) is 6.00. The number of carbonyl (C=O) groups is 1. The smallest absolute Gasteiger partial charge is 0.227 e. The number of amides is 1. The van der Waals surface area contributed by atoms with E-state index in [4.69, 9.17) is 0 Å². The molecule has 2 aromatic rings. The molecule has 1 aromatic heterocycles. The molecular weight excluding hydrogens is 240 g/mol. The van der Waals surface area contributed by atoms with E-state index in [1.165, 1.54) is 0 Å². The van der Waals surface area contributed by atoms with Gasteiger partial charge >= 0.3 is 0 Å². The van der Waals surface area contributed by atoms with Crippen LogP contribution in [0.1, 0.15) is 12.0 Å². The van der Waals surface area contributed by atoms with E-state index in [0.717, 1.165) is 5.56 Å². The molecule has 1 amide bonds. The number of anilines is 1. The molecule has 0 fully saturated rings. The molecule has 1 heterocycles. The number of rotatable bonds is 4. The zero-order chi connectivity index (χ0) is 13.7. The molecule has 98 valence electrons. The summed E-state index contributed by atoms with van der Waals surface area (Å²) >= 11 is 0. The Balaban J connectivity index is 1.96. The first kappa shape index (κ1) is 13.1. The third kappa shape index (κ3) is 3.55. The van der Waals surface area contributed by atoms with Gasteiger partial charge in [0.05, 0.1) is 0 Å². The van der Waals surface area contributed by atoms with Crippen LogP contribution in [0.25, 0.3) is 0 Å². The summed E-state index contributed by atoms with van der Waals surface area (Å²) in [6, 6.07) is 10.5. The average molecular weight is 256 g/mol. The second-order valence-corrected chi connectivity index (χ2v) is 4.33. The van der Waals surface area contributed by atoms with E-state index in [9.17, 15) is 9.90 Å². The Morgan fingerprint density at radius 2 is 2.00 bits per heavy atom. The Bertz CT molecular complexity index is 555. The lowest BCUT2D eigenvalue weighted by molar-refractivity contribution is -0.118. The summed E-state index contributed by atoms with van der Waals surface area (Å²) in [5.41, 5.74) is 1.78. The van der Waals surface area contributed by atoms with E-state index in [1.807, 2.05) is 12.1 Å². The van der Waals surface area contributed by atoms with Gasteiger partial charge in [0.1, 0.15) is 5.75 Å². The van der Waals surface area contributed by atoms with E-state index >= 15 is 0 Å². The number of phenolic OH excluding ortho intramolecular Hbond substituents is 1. The van der Waals surface area contributed by atoms with Crippen molar-refractivity contribution in [3.05, 3.63) is 54.4 Å². The zero-order valence-electron chi connectivity index (χ0n) is 10.8. The maximum atomic E-state index is 12.1. The van der Waals surface area contributed by atoms with Crippen molar-refractivity contribution in [3.63, 3.8) is 0 Å². The van der Waals surface area contributed by atoms with Crippen molar-refractivity contribution in [3.8, 4) is 5.75 Å². The van der Waals surface area contributed by atoms with Crippen LogP contribution in [0.5, 0.6) is 5.75 Å². The van der Waals surface area contributed by atoms with Crippen molar-refractivity contribution in [2.24, 2.45) is 0 Å². The van der Waals surface area contributed by atoms with Gasteiger partial charge in [-0.2, -0.15) is 0 Å². The van der Waals surface area contributed by atoms with Gasteiger partial charge < -0.3 is 10.0 Å². The lowest BCUT2D eigenvalue weighted by atomic mass is 10.1. The summed E-state index contributed by atoms with van der Waals surface area (Å²) in [6.07, 6.45) is 4.55. The Morgan fingerprint density at radius 1 is 1.26 bits per heavy atom. The highest BCUT2D eigenvalue weighted by Gasteiger charge is 2.11. The van der Waals surface area contributed by atoms with Crippen LogP contribution in [0.4, 0.5) is 5.69 Å². The second-order valence-electron chi connectivity index (χ2n) is 4.33. The predicted molar refractivity (Wildman–Crippen MR) is 74.1 cm³/mol. The predicted octanol–water partition coefficient (Wildman–Crippen LogP) is 2.38. The number of aromatic nitrogens is 1. The molecule has 0 atom stereocenters. The normalized spacial score (nSPS) is 10.2. The van der Waals surface area contributed by atoms with Crippen molar-refractivity contribution in [1.29, 1.82) is 0 Å². The van der Waals surface area contributed by atoms with Crippen LogP contribution < -0.4 is 4.90 Å². The largest absolute Gasteiger partial charge is 0.508 e. The van der Waals surface area contributed by atoms with Gasteiger partial charge in [-0.1, -0.05) is 6.07 Å². The molecule has 0 saturated heterocycles. The number of hydrogen-bond donors (Lipinski definition) is 1. The molecule has 19 heavy (non-hydrogen) atoms. The molecular formula is C15H16N2O2. The quantitative estimate of drug-likeness (QED) is 0.913. The van der Waals surface area contributed by atoms with E-state index in [2.05, 4.69) is 4.98 Å². The molecule has 0 bridgehead atoms. The lowest BCUT2D eigenvalue weighted by Gasteiger charge is -2.17. The highest BCUT2D eigenvalue weighted by atomic mass is 16.3. The van der Waals surface area contributed by atoms with Gasteiger partial charge in [-0.15, -0.1) is 0 Å². The summed E-state index contributed by atoms with van der Waals surface area (Å²) in [5.74, 6) is 0.175. The van der Waals surface area contributed by atoms with Crippen molar-refractivity contribution >= 4 is 11.6 Å². The minimum absolute atomic E-state index is 0.0161. The van der Waals surface area contributed by atoms with Gasteiger partial charge in [-0.3, -0.25) is 9.78 Å². The van der Waals surface area contributed by atoms with Crippen LogP contribution in [0.3, 0.4) is 0 Å². The zero-order valence-corrected chi connectivity index (χ0v) is 10.8. The van der Waals surface area contributed by atoms with Crippen molar-refractivity contribution in [2.75, 3.05) is 11.9 Å². The maximum absolute atomic E-state index is 12.1. The molecule has 0 radical (unpaired) electrons. The number of pyridine rings is 1. The van der Waals surface area contributed by atoms with Gasteiger partial charge in [0.25, 0.3) is 0 Å². The molecule has 0 aliphatic carbocycles. The minimum atomic E-state index is 0.0161. The Hall–Kier alpha value is -2.36. The van der Waals surface area contributed by atoms with Crippen LogP contribution in [0.2, 0.25) is 0 Å². The highest BCUT2D eigenvalue weighted by molar-refractivity contribution is 5.93. The SMILES string of the molecule is CN(C(=O)CCc1ccncc1)c1cccc(O)c1. The summed E-state index contributed by atoms with van der Waals surface area (Å²) in [6.45, 7) is 0. The molecule has 4 nitrogen and oxygen atoms in total. The molecule has 4 heteroatoms. The van der Waals surface area contributed by atoms with E-state index in [0.29, 0.717) is 18.5 Å². The Kier molecular flexibility index (Phi) is 4.13. The van der Waals surface area contributed by atoms with Gasteiger partial charge in [-0.25, -0.2) is 0 Å². The van der Waals surface area contributed by atoms with Crippen LogP contribution in [0.15, 0.2) is 48.8 Å². The standard InChI is InChI=1S/C15H16N2O2/c1-17(13-3-2-4-14(18)11-13)15(19)6-5-12-7-9-16-10-8-12/h2-4,7-11,18H,5-6H2,1H3.